The molecule has 0 aliphatic rings. The van der Waals surface area contributed by atoms with E-state index in [2.05, 4.69) is 15.5 Å². The lowest BCUT2D eigenvalue weighted by atomic mass is 10.2. The van der Waals surface area contributed by atoms with E-state index in [-0.39, 0.29) is 5.91 Å². The van der Waals surface area contributed by atoms with Crippen molar-refractivity contribution in [3.8, 4) is 0 Å². The van der Waals surface area contributed by atoms with Crippen LogP contribution in [0, 0.1) is 13.8 Å². The minimum atomic E-state index is -0.103. The lowest BCUT2D eigenvalue weighted by Gasteiger charge is -2.05. The lowest BCUT2D eigenvalue weighted by Crippen LogP contribution is -2.16. The van der Waals surface area contributed by atoms with Gasteiger partial charge in [0.2, 0.25) is 5.91 Å². The molecule has 0 fully saturated rings. The first-order chi connectivity index (χ1) is 12.0. The number of anilines is 1. The van der Waals surface area contributed by atoms with Crippen LogP contribution in [0.5, 0.6) is 0 Å². The summed E-state index contributed by atoms with van der Waals surface area (Å²) < 4.78 is 3.55. The molecular formula is C18H20ClN5O. The molecule has 3 aromatic rings. The molecule has 0 radical (unpaired) electrons. The second kappa shape index (κ2) is 7.53. The predicted octanol–water partition coefficient (Wildman–Crippen LogP) is 3.43. The SMILES string of the molecule is Cc1nn(CCC(=O)Nc2ccn(Cc3ccccc3)n2)c(C)c1Cl. The molecule has 3 rings (SSSR count). The van der Waals surface area contributed by atoms with Crippen LogP contribution in [0.25, 0.3) is 0 Å². The second-order valence-corrected chi connectivity index (χ2v) is 6.27. The summed E-state index contributed by atoms with van der Waals surface area (Å²) in [7, 11) is 0. The van der Waals surface area contributed by atoms with Crippen LogP contribution >= 0.6 is 11.6 Å². The molecule has 2 aromatic heterocycles. The zero-order valence-electron chi connectivity index (χ0n) is 14.2. The molecule has 7 heteroatoms. The van der Waals surface area contributed by atoms with Gasteiger partial charge in [-0.05, 0) is 19.4 Å². The van der Waals surface area contributed by atoms with Crippen LogP contribution in [0.3, 0.4) is 0 Å². The fourth-order valence-electron chi connectivity index (χ4n) is 2.59. The van der Waals surface area contributed by atoms with Crippen molar-refractivity contribution in [3.63, 3.8) is 0 Å². The highest BCUT2D eigenvalue weighted by Crippen LogP contribution is 2.19. The van der Waals surface area contributed by atoms with Gasteiger partial charge < -0.3 is 5.32 Å². The molecule has 1 aromatic carbocycles. The molecule has 0 spiro atoms. The average molecular weight is 358 g/mol. The number of rotatable bonds is 6. The van der Waals surface area contributed by atoms with E-state index in [0.29, 0.717) is 30.4 Å². The van der Waals surface area contributed by atoms with Gasteiger partial charge in [-0.25, -0.2) is 0 Å². The Labute approximate surface area is 151 Å². The van der Waals surface area contributed by atoms with Crippen molar-refractivity contribution in [2.24, 2.45) is 0 Å². The molecule has 0 aliphatic heterocycles. The fourth-order valence-corrected chi connectivity index (χ4v) is 2.73. The van der Waals surface area contributed by atoms with Gasteiger partial charge in [-0.1, -0.05) is 41.9 Å². The molecule has 0 saturated heterocycles. The van der Waals surface area contributed by atoms with Crippen molar-refractivity contribution in [1.82, 2.24) is 19.6 Å². The summed E-state index contributed by atoms with van der Waals surface area (Å²) >= 11 is 6.12. The van der Waals surface area contributed by atoms with Gasteiger partial charge in [-0.2, -0.15) is 10.2 Å². The van der Waals surface area contributed by atoms with Crippen LogP contribution in [0.1, 0.15) is 23.4 Å². The van der Waals surface area contributed by atoms with Gasteiger partial charge in [-0.3, -0.25) is 14.2 Å². The Bertz CT molecular complexity index is 869. The smallest absolute Gasteiger partial charge is 0.227 e. The first-order valence-corrected chi connectivity index (χ1v) is 8.47. The largest absolute Gasteiger partial charge is 0.309 e. The normalized spacial score (nSPS) is 10.8. The van der Waals surface area contributed by atoms with Crippen LogP contribution in [0.2, 0.25) is 5.02 Å². The molecule has 0 aliphatic carbocycles. The number of hydrogen-bond donors (Lipinski definition) is 1. The molecule has 0 atom stereocenters. The Balaban J connectivity index is 1.54. The number of carbonyl (C=O) groups excluding carboxylic acids is 1. The van der Waals surface area contributed by atoms with Crippen molar-refractivity contribution >= 4 is 23.3 Å². The Hall–Kier alpha value is -2.60. The standard InChI is InChI=1S/C18H20ClN5O/c1-13-18(19)14(2)24(21-13)11-9-17(25)20-16-8-10-23(22-16)12-15-6-4-3-5-7-15/h3-8,10H,9,11-12H2,1-2H3,(H,20,22,25). The van der Waals surface area contributed by atoms with Gasteiger partial charge in [0.15, 0.2) is 5.82 Å². The van der Waals surface area contributed by atoms with Crippen LogP contribution < -0.4 is 5.32 Å². The van der Waals surface area contributed by atoms with Gasteiger partial charge in [0.25, 0.3) is 0 Å². The summed E-state index contributed by atoms with van der Waals surface area (Å²) in [4.78, 5) is 12.1. The number of halogens is 1. The van der Waals surface area contributed by atoms with Crippen molar-refractivity contribution in [2.45, 2.75) is 33.4 Å². The van der Waals surface area contributed by atoms with Gasteiger partial charge >= 0.3 is 0 Å². The van der Waals surface area contributed by atoms with Crippen LogP contribution in [-0.2, 0) is 17.9 Å². The van der Waals surface area contributed by atoms with Crippen molar-refractivity contribution < 1.29 is 4.79 Å². The monoisotopic (exact) mass is 357 g/mol. The Morgan fingerprint density at radius 3 is 2.60 bits per heavy atom. The summed E-state index contributed by atoms with van der Waals surface area (Å²) in [5, 5.41) is 12.2. The van der Waals surface area contributed by atoms with E-state index in [1.807, 2.05) is 50.4 Å². The highest BCUT2D eigenvalue weighted by molar-refractivity contribution is 6.31. The van der Waals surface area contributed by atoms with Crippen molar-refractivity contribution in [3.05, 3.63) is 64.6 Å². The van der Waals surface area contributed by atoms with E-state index in [4.69, 9.17) is 11.6 Å². The zero-order chi connectivity index (χ0) is 17.8. The maximum Gasteiger partial charge on any atom is 0.227 e. The molecule has 0 unspecified atom stereocenters. The molecule has 130 valence electrons. The van der Waals surface area contributed by atoms with Crippen LogP contribution in [-0.4, -0.2) is 25.5 Å². The summed E-state index contributed by atoms with van der Waals surface area (Å²) in [6.07, 6.45) is 2.16. The van der Waals surface area contributed by atoms with Crippen molar-refractivity contribution in [2.75, 3.05) is 5.32 Å². The lowest BCUT2D eigenvalue weighted by molar-refractivity contribution is -0.116. The molecular weight excluding hydrogens is 338 g/mol. The molecule has 0 bridgehead atoms. The number of benzene rings is 1. The number of aromatic nitrogens is 4. The maximum absolute atomic E-state index is 12.1. The number of aryl methyl sites for hydroxylation is 2. The zero-order valence-corrected chi connectivity index (χ0v) is 15.0. The number of nitrogens with zero attached hydrogens (tertiary/aromatic N) is 4. The summed E-state index contributed by atoms with van der Waals surface area (Å²) in [5.74, 6) is 0.445. The Morgan fingerprint density at radius 1 is 1.16 bits per heavy atom. The Morgan fingerprint density at radius 2 is 1.92 bits per heavy atom. The second-order valence-electron chi connectivity index (χ2n) is 5.89. The van der Waals surface area contributed by atoms with E-state index in [0.717, 1.165) is 17.0 Å². The third-order valence-electron chi connectivity index (χ3n) is 3.94. The number of carbonyl (C=O) groups is 1. The average Bonchev–Trinajstić information content (AvgIpc) is 3.13. The van der Waals surface area contributed by atoms with E-state index in [1.165, 1.54) is 0 Å². The van der Waals surface area contributed by atoms with Gasteiger partial charge in [0.1, 0.15) is 0 Å². The third kappa shape index (κ3) is 4.28. The predicted molar refractivity (Wildman–Crippen MR) is 97.7 cm³/mol. The highest BCUT2D eigenvalue weighted by Gasteiger charge is 2.11. The molecule has 6 nitrogen and oxygen atoms in total. The quantitative estimate of drug-likeness (QED) is 0.735. The van der Waals surface area contributed by atoms with E-state index < -0.39 is 0 Å². The summed E-state index contributed by atoms with van der Waals surface area (Å²) in [6, 6.07) is 11.8. The molecule has 2 heterocycles. The number of amides is 1. The topological polar surface area (TPSA) is 64.7 Å². The first kappa shape index (κ1) is 17.2. The van der Waals surface area contributed by atoms with Gasteiger partial charge in [-0.15, -0.1) is 0 Å². The summed E-state index contributed by atoms with van der Waals surface area (Å²) in [6.45, 7) is 4.90. The number of nitrogens with one attached hydrogen (secondary N) is 1. The van der Waals surface area contributed by atoms with E-state index in [9.17, 15) is 4.79 Å². The minimum absolute atomic E-state index is 0.103. The van der Waals surface area contributed by atoms with Crippen LogP contribution in [0.15, 0.2) is 42.6 Å². The van der Waals surface area contributed by atoms with Crippen LogP contribution in [0.4, 0.5) is 5.82 Å². The van der Waals surface area contributed by atoms with Crippen molar-refractivity contribution in [1.29, 1.82) is 0 Å². The molecule has 1 amide bonds. The molecule has 25 heavy (non-hydrogen) atoms. The Kier molecular flexibility index (Phi) is 5.19. The summed E-state index contributed by atoms with van der Waals surface area (Å²) in [5.41, 5.74) is 2.81. The maximum atomic E-state index is 12.1. The fraction of sp³-hybridized carbons (Fsp3) is 0.278. The van der Waals surface area contributed by atoms with E-state index >= 15 is 0 Å². The van der Waals surface area contributed by atoms with Gasteiger partial charge in [0.05, 0.1) is 29.5 Å². The minimum Gasteiger partial charge on any atom is -0.309 e. The van der Waals surface area contributed by atoms with E-state index in [1.54, 1.807) is 15.4 Å². The van der Waals surface area contributed by atoms with Gasteiger partial charge in [0, 0.05) is 18.7 Å². The number of hydrogen-bond acceptors (Lipinski definition) is 3. The first-order valence-electron chi connectivity index (χ1n) is 8.09. The molecule has 1 N–H and O–H groups in total. The molecule has 0 saturated carbocycles. The third-order valence-corrected chi connectivity index (χ3v) is 4.49. The highest BCUT2D eigenvalue weighted by atomic mass is 35.5.